The third-order valence-electron chi connectivity index (χ3n) is 2.67. The zero-order valence-corrected chi connectivity index (χ0v) is 11.3. The molecule has 1 aromatic carbocycles. The molecule has 6 heteroatoms. The van der Waals surface area contributed by atoms with Crippen molar-refractivity contribution in [3.63, 3.8) is 0 Å². The second-order valence-electron chi connectivity index (χ2n) is 4.24. The average Bonchev–Trinajstić information content (AvgIpc) is 2.44. The van der Waals surface area contributed by atoms with Gasteiger partial charge < -0.3 is 10.6 Å². The number of aromatic nitrogens is 2. The van der Waals surface area contributed by atoms with E-state index in [0.29, 0.717) is 17.1 Å². The normalized spacial score (nSPS) is 10.2. The highest BCUT2D eigenvalue weighted by molar-refractivity contribution is 6.02. The summed E-state index contributed by atoms with van der Waals surface area (Å²) in [6.45, 7) is 4.32. The summed E-state index contributed by atoms with van der Waals surface area (Å²) >= 11 is 0. The lowest BCUT2D eigenvalue weighted by atomic mass is 10.2. The van der Waals surface area contributed by atoms with Crippen LogP contribution in [0.15, 0.2) is 30.6 Å². The van der Waals surface area contributed by atoms with Gasteiger partial charge in [0.15, 0.2) is 0 Å². The minimum Gasteiger partial charge on any atom is -0.369 e. The van der Waals surface area contributed by atoms with Gasteiger partial charge in [0, 0.05) is 12.2 Å². The third kappa shape index (κ3) is 3.28. The number of nitrogens with zero attached hydrogens (tertiary/aromatic N) is 2. The lowest BCUT2D eigenvalue weighted by molar-refractivity contribution is 0.102. The summed E-state index contributed by atoms with van der Waals surface area (Å²) in [5, 5.41) is 5.56. The van der Waals surface area contributed by atoms with Crippen LogP contribution in [-0.4, -0.2) is 22.4 Å². The first kappa shape index (κ1) is 13.9. The zero-order chi connectivity index (χ0) is 14.5. The maximum absolute atomic E-state index is 13.4. The summed E-state index contributed by atoms with van der Waals surface area (Å²) in [7, 11) is 0. The van der Waals surface area contributed by atoms with Crippen LogP contribution in [0.2, 0.25) is 0 Å². The molecule has 104 valence electrons. The van der Waals surface area contributed by atoms with Gasteiger partial charge in [-0.1, -0.05) is 6.07 Å². The Kier molecular flexibility index (Phi) is 4.24. The second kappa shape index (κ2) is 6.10. The number of hydrogen-bond acceptors (Lipinski definition) is 4. The van der Waals surface area contributed by atoms with E-state index in [1.165, 1.54) is 18.5 Å². The van der Waals surface area contributed by atoms with Crippen LogP contribution in [-0.2, 0) is 0 Å². The molecule has 0 spiro atoms. The molecule has 1 heterocycles. The first-order valence-corrected chi connectivity index (χ1v) is 6.23. The number of nitrogens with one attached hydrogen (secondary N) is 2. The van der Waals surface area contributed by atoms with E-state index in [4.69, 9.17) is 0 Å². The average molecular weight is 274 g/mol. The maximum atomic E-state index is 13.4. The van der Waals surface area contributed by atoms with E-state index in [1.807, 2.05) is 6.92 Å². The Morgan fingerprint density at radius 1 is 1.30 bits per heavy atom. The maximum Gasteiger partial charge on any atom is 0.275 e. The Morgan fingerprint density at radius 2 is 2.10 bits per heavy atom. The third-order valence-corrected chi connectivity index (χ3v) is 2.67. The molecular weight excluding hydrogens is 259 g/mol. The molecule has 0 radical (unpaired) electrons. The molecule has 0 unspecified atom stereocenters. The number of benzene rings is 1. The Labute approximate surface area is 116 Å². The van der Waals surface area contributed by atoms with E-state index in [9.17, 15) is 9.18 Å². The first-order valence-electron chi connectivity index (χ1n) is 6.23. The topological polar surface area (TPSA) is 66.9 Å². The van der Waals surface area contributed by atoms with Gasteiger partial charge in [-0.2, -0.15) is 0 Å². The minimum absolute atomic E-state index is 0.174. The summed E-state index contributed by atoms with van der Waals surface area (Å²) < 4.78 is 13.4. The number of amides is 1. The van der Waals surface area contributed by atoms with Crippen LogP contribution in [0.3, 0.4) is 0 Å². The molecule has 1 amide bonds. The van der Waals surface area contributed by atoms with Crippen LogP contribution in [0.1, 0.15) is 23.0 Å². The molecule has 0 aliphatic rings. The molecule has 0 saturated carbocycles. The van der Waals surface area contributed by atoms with E-state index in [2.05, 4.69) is 20.6 Å². The van der Waals surface area contributed by atoms with Crippen molar-refractivity contribution in [3.8, 4) is 0 Å². The van der Waals surface area contributed by atoms with Crippen molar-refractivity contribution in [1.29, 1.82) is 0 Å². The molecule has 2 rings (SSSR count). The fourth-order valence-electron chi connectivity index (χ4n) is 1.58. The van der Waals surface area contributed by atoms with Crippen molar-refractivity contribution in [2.75, 3.05) is 17.2 Å². The highest BCUT2D eigenvalue weighted by Gasteiger charge is 2.09. The van der Waals surface area contributed by atoms with Crippen LogP contribution in [0.25, 0.3) is 0 Å². The van der Waals surface area contributed by atoms with Gasteiger partial charge in [0.2, 0.25) is 0 Å². The van der Waals surface area contributed by atoms with Gasteiger partial charge in [0.1, 0.15) is 17.3 Å². The fourth-order valence-corrected chi connectivity index (χ4v) is 1.58. The van der Waals surface area contributed by atoms with Gasteiger partial charge in [0.25, 0.3) is 5.91 Å². The Balaban J connectivity index is 2.09. The Bertz CT molecular complexity index is 613. The van der Waals surface area contributed by atoms with E-state index in [-0.39, 0.29) is 11.5 Å². The molecular formula is C14H15FN4O. The Morgan fingerprint density at radius 3 is 2.70 bits per heavy atom. The van der Waals surface area contributed by atoms with E-state index in [1.54, 1.807) is 19.1 Å². The number of aryl methyl sites for hydroxylation is 1. The summed E-state index contributed by atoms with van der Waals surface area (Å²) in [6, 6.07) is 4.51. The highest BCUT2D eigenvalue weighted by atomic mass is 19.1. The van der Waals surface area contributed by atoms with Gasteiger partial charge >= 0.3 is 0 Å². The number of carbonyl (C=O) groups is 1. The lowest BCUT2D eigenvalue weighted by Crippen LogP contribution is -2.14. The van der Waals surface area contributed by atoms with E-state index >= 15 is 0 Å². The zero-order valence-electron chi connectivity index (χ0n) is 11.3. The van der Waals surface area contributed by atoms with Crippen LogP contribution >= 0.6 is 0 Å². The van der Waals surface area contributed by atoms with Crippen molar-refractivity contribution < 1.29 is 9.18 Å². The lowest BCUT2D eigenvalue weighted by Gasteiger charge is -2.06. The van der Waals surface area contributed by atoms with Gasteiger partial charge in [0.05, 0.1) is 12.4 Å². The fraction of sp³-hybridized carbons (Fsp3) is 0.214. The largest absolute Gasteiger partial charge is 0.369 e. The number of hydrogen-bond donors (Lipinski definition) is 2. The molecule has 2 aromatic rings. The highest BCUT2D eigenvalue weighted by Crippen LogP contribution is 2.14. The van der Waals surface area contributed by atoms with Crippen molar-refractivity contribution in [2.45, 2.75) is 13.8 Å². The molecule has 5 nitrogen and oxygen atoms in total. The second-order valence-corrected chi connectivity index (χ2v) is 4.24. The monoisotopic (exact) mass is 274 g/mol. The molecule has 0 aliphatic carbocycles. The quantitative estimate of drug-likeness (QED) is 0.899. The standard InChI is InChI=1S/C14H15FN4O/c1-3-16-13-8-17-12(7-18-13)14(20)19-10-5-4-9(2)11(15)6-10/h4-8H,3H2,1-2H3,(H,16,18)(H,19,20). The van der Waals surface area contributed by atoms with Crippen LogP contribution in [0.5, 0.6) is 0 Å². The van der Waals surface area contributed by atoms with E-state index in [0.717, 1.165) is 6.54 Å². The SMILES string of the molecule is CCNc1cnc(C(=O)Nc2ccc(C)c(F)c2)cn1. The summed E-state index contributed by atoms with van der Waals surface area (Å²) in [5.41, 5.74) is 1.08. The predicted octanol–water partition coefficient (Wildman–Crippen LogP) is 2.61. The summed E-state index contributed by atoms with van der Waals surface area (Å²) in [4.78, 5) is 20.0. The summed E-state index contributed by atoms with van der Waals surface area (Å²) in [5.74, 6) is -0.189. The van der Waals surface area contributed by atoms with Gasteiger partial charge in [-0.3, -0.25) is 4.79 Å². The van der Waals surface area contributed by atoms with Crippen molar-refractivity contribution in [1.82, 2.24) is 9.97 Å². The molecule has 20 heavy (non-hydrogen) atoms. The number of halogens is 1. The Hall–Kier alpha value is -2.50. The molecule has 0 atom stereocenters. The molecule has 0 saturated heterocycles. The first-order chi connectivity index (χ1) is 9.60. The van der Waals surface area contributed by atoms with Gasteiger partial charge in [-0.05, 0) is 31.5 Å². The predicted molar refractivity (Wildman–Crippen MR) is 75.3 cm³/mol. The smallest absolute Gasteiger partial charge is 0.275 e. The van der Waals surface area contributed by atoms with Crippen LogP contribution in [0, 0.1) is 12.7 Å². The van der Waals surface area contributed by atoms with Crippen molar-refractivity contribution in [2.24, 2.45) is 0 Å². The number of carbonyl (C=O) groups excluding carboxylic acids is 1. The van der Waals surface area contributed by atoms with E-state index < -0.39 is 5.91 Å². The molecule has 0 aliphatic heterocycles. The van der Waals surface area contributed by atoms with Crippen molar-refractivity contribution in [3.05, 3.63) is 47.7 Å². The van der Waals surface area contributed by atoms with Gasteiger partial charge in [-0.15, -0.1) is 0 Å². The molecule has 1 aromatic heterocycles. The number of anilines is 2. The molecule has 2 N–H and O–H groups in total. The van der Waals surface area contributed by atoms with Crippen LogP contribution in [0.4, 0.5) is 15.9 Å². The molecule has 0 fully saturated rings. The summed E-state index contributed by atoms with van der Waals surface area (Å²) in [6.07, 6.45) is 2.85. The van der Waals surface area contributed by atoms with Gasteiger partial charge in [-0.25, -0.2) is 14.4 Å². The number of rotatable bonds is 4. The minimum atomic E-state index is -0.427. The van der Waals surface area contributed by atoms with Crippen molar-refractivity contribution >= 4 is 17.4 Å². The van der Waals surface area contributed by atoms with Crippen LogP contribution < -0.4 is 10.6 Å². The molecule has 0 bridgehead atoms.